The molecule has 0 unspecified atom stereocenters. The number of anilines is 2. The van der Waals surface area contributed by atoms with Gasteiger partial charge in [-0.15, -0.1) is 0 Å². The highest BCUT2D eigenvalue weighted by Crippen LogP contribution is 2.23. The molecule has 2 amide bonds. The van der Waals surface area contributed by atoms with Crippen LogP contribution in [0, 0.1) is 6.92 Å². The minimum atomic E-state index is 0.0400. The van der Waals surface area contributed by atoms with Crippen molar-refractivity contribution in [3.05, 3.63) is 23.8 Å². The van der Waals surface area contributed by atoms with Crippen LogP contribution in [0.3, 0.4) is 0 Å². The molecule has 1 aliphatic heterocycles. The first-order valence-corrected chi connectivity index (χ1v) is 4.98. The number of carbonyl (C=O) groups is 1. The summed E-state index contributed by atoms with van der Waals surface area (Å²) in [4.78, 5) is 15.2. The molecule has 0 atom stereocenters. The maximum absolute atomic E-state index is 11.7. The van der Waals surface area contributed by atoms with Gasteiger partial charge in [0.1, 0.15) is 0 Å². The van der Waals surface area contributed by atoms with E-state index in [0.29, 0.717) is 0 Å². The second-order valence-corrected chi connectivity index (χ2v) is 3.90. The summed E-state index contributed by atoms with van der Waals surface area (Å²) in [5.41, 5.74) is 8.47. The Hall–Kier alpha value is -1.71. The molecule has 1 aliphatic rings. The lowest BCUT2D eigenvalue weighted by atomic mass is 10.2. The number of amides is 2. The highest BCUT2D eigenvalue weighted by Gasteiger charge is 2.26. The van der Waals surface area contributed by atoms with Gasteiger partial charge >= 0.3 is 6.03 Å². The summed E-state index contributed by atoms with van der Waals surface area (Å²) in [5, 5.41) is 0. The highest BCUT2D eigenvalue weighted by molar-refractivity contribution is 5.94. The molecule has 0 aliphatic carbocycles. The van der Waals surface area contributed by atoms with Gasteiger partial charge in [-0.3, -0.25) is 4.90 Å². The molecule has 2 N–H and O–H groups in total. The number of rotatable bonds is 1. The molecule has 4 nitrogen and oxygen atoms in total. The van der Waals surface area contributed by atoms with Crippen LogP contribution in [0.5, 0.6) is 0 Å². The van der Waals surface area contributed by atoms with Gasteiger partial charge in [-0.2, -0.15) is 0 Å². The Balaban J connectivity index is 2.31. The number of nitrogen functional groups attached to an aromatic ring is 1. The Bertz CT molecular complexity index is 403. The third-order valence-corrected chi connectivity index (χ3v) is 2.79. The quantitative estimate of drug-likeness (QED) is 0.705. The molecule has 0 spiro atoms. The fourth-order valence-corrected chi connectivity index (χ4v) is 1.68. The summed E-state index contributed by atoms with van der Waals surface area (Å²) in [7, 11) is 1.81. The Morgan fingerprint density at radius 3 is 2.60 bits per heavy atom. The molecule has 0 radical (unpaired) electrons. The molecule has 1 fully saturated rings. The fourth-order valence-electron chi connectivity index (χ4n) is 1.68. The second-order valence-electron chi connectivity index (χ2n) is 3.90. The monoisotopic (exact) mass is 205 g/mol. The first-order chi connectivity index (χ1) is 7.09. The Morgan fingerprint density at radius 1 is 1.33 bits per heavy atom. The van der Waals surface area contributed by atoms with E-state index in [0.717, 1.165) is 30.0 Å². The van der Waals surface area contributed by atoms with Gasteiger partial charge in [0.25, 0.3) is 0 Å². The number of urea groups is 1. The molecule has 1 aromatic carbocycles. The number of carbonyl (C=O) groups excluding carboxylic acids is 1. The van der Waals surface area contributed by atoms with E-state index in [-0.39, 0.29) is 6.03 Å². The summed E-state index contributed by atoms with van der Waals surface area (Å²) >= 11 is 0. The van der Waals surface area contributed by atoms with E-state index in [1.165, 1.54) is 0 Å². The van der Waals surface area contributed by atoms with Gasteiger partial charge in [0.15, 0.2) is 0 Å². The van der Waals surface area contributed by atoms with E-state index in [4.69, 9.17) is 5.73 Å². The van der Waals surface area contributed by atoms with Gasteiger partial charge in [0.05, 0.1) is 0 Å². The van der Waals surface area contributed by atoms with Crippen LogP contribution < -0.4 is 10.6 Å². The van der Waals surface area contributed by atoms with E-state index in [2.05, 4.69) is 0 Å². The topological polar surface area (TPSA) is 49.6 Å². The second kappa shape index (κ2) is 3.46. The normalized spacial score (nSPS) is 16.3. The van der Waals surface area contributed by atoms with E-state index in [9.17, 15) is 4.79 Å². The Morgan fingerprint density at radius 2 is 2.07 bits per heavy atom. The molecule has 0 aromatic heterocycles. The largest absolute Gasteiger partial charge is 0.398 e. The van der Waals surface area contributed by atoms with Gasteiger partial charge in [-0.1, -0.05) is 6.07 Å². The van der Waals surface area contributed by atoms with Crippen LogP contribution in [-0.2, 0) is 0 Å². The van der Waals surface area contributed by atoms with Gasteiger partial charge in [-0.25, -0.2) is 4.79 Å². The predicted octanol–water partition coefficient (Wildman–Crippen LogP) is 1.45. The lowest BCUT2D eigenvalue weighted by Crippen LogP contribution is -2.29. The lowest BCUT2D eigenvalue weighted by Gasteiger charge is -2.16. The average Bonchev–Trinajstić information content (AvgIpc) is 2.53. The first-order valence-electron chi connectivity index (χ1n) is 4.98. The minimum Gasteiger partial charge on any atom is -0.398 e. The van der Waals surface area contributed by atoms with Crippen molar-refractivity contribution in [2.45, 2.75) is 6.92 Å². The Kier molecular flexibility index (Phi) is 2.26. The van der Waals surface area contributed by atoms with Crippen LogP contribution >= 0.6 is 0 Å². The zero-order chi connectivity index (χ0) is 11.0. The molecule has 1 heterocycles. The third kappa shape index (κ3) is 1.63. The number of benzene rings is 1. The van der Waals surface area contributed by atoms with E-state index in [1.54, 1.807) is 16.8 Å². The van der Waals surface area contributed by atoms with Gasteiger partial charge in [-0.05, 0) is 24.6 Å². The van der Waals surface area contributed by atoms with Crippen LogP contribution in [0.4, 0.5) is 16.2 Å². The van der Waals surface area contributed by atoms with E-state index >= 15 is 0 Å². The van der Waals surface area contributed by atoms with Gasteiger partial charge in [0.2, 0.25) is 0 Å². The predicted molar refractivity (Wildman–Crippen MR) is 61.0 cm³/mol. The molecular formula is C11H15N3O. The number of nitrogens with zero attached hydrogens (tertiary/aromatic N) is 2. The van der Waals surface area contributed by atoms with Crippen molar-refractivity contribution in [3.63, 3.8) is 0 Å². The Labute approximate surface area is 89.3 Å². The standard InChI is InChI=1S/C11H15N3O/c1-8-3-4-9(7-10(8)12)14-6-5-13(2)11(14)15/h3-4,7H,5-6,12H2,1-2H3. The van der Waals surface area contributed by atoms with Gasteiger partial charge in [0, 0.05) is 31.5 Å². The molecule has 15 heavy (non-hydrogen) atoms. The van der Waals surface area contributed by atoms with Crippen LogP contribution in [0.15, 0.2) is 18.2 Å². The SMILES string of the molecule is Cc1ccc(N2CCN(C)C2=O)cc1N. The van der Waals surface area contributed by atoms with Crippen LogP contribution in [-0.4, -0.2) is 31.1 Å². The molecule has 0 saturated carbocycles. The smallest absolute Gasteiger partial charge is 0.324 e. The van der Waals surface area contributed by atoms with Crippen molar-refractivity contribution in [1.82, 2.24) is 4.90 Å². The summed E-state index contributed by atoms with van der Waals surface area (Å²) in [6.45, 7) is 3.46. The molecule has 4 heteroatoms. The zero-order valence-corrected chi connectivity index (χ0v) is 9.03. The molecule has 1 aromatic rings. The number of hydrogen-bond acceptors (Lipinski definition) is 2. The molecule has 1 saturated heterocycles. The highest BCUT2D eigenvalue weighted by atomic mass is 16.2. The lowest BCUT2D eigenvalue weighted by molar-refractivity contribution is 0.229. The summed E-state index contributed by atoms with van der Waals surface area (Å²) < 4.78 is 0. The average molecular weight is 205 g/mol. The van der Waals surface area contributed by atoms with Crippen molar-refractivity contribution in [2.24, 2.45) is 0 Å². The van der Waals surface area contributed by atoms with Crippen LogP contribution in [0.2, 0.25) is 0 Å². The molecule has 2 rings (SSSR count). The third-order valence-electron chi connectivity index (χ3n) is 2.79. The van der Waals surface area contributed by atoms with Crippen molar-refractivity contribution in [1.29, 1.82) is 0 Å². The summed E-state index contributed by atoms with van der Waals surface area (Å²) in [6.07, 6.45) is 0. The van der Waals surface area contributed by atoms with Gasteiger partial charge < -0.3 is 10.6 Å². The molecule has 0 bridgehead atoms. The zero-order valence-electron chi connectivity index (χ0n) is 9.03. The molecular weight excluding hydrogens is 190 g/mol. The number of nitrogens with two attached hydrogens (primary N) is 1. The fraction of sp³-hybridized carbons (Fsp3) is 0.364. The van der Waals surface area contributed by atoms with Crippen LogP contribution in [0.1, 0.15) is 5.56 Å². The van der Waals surface area contributed by atoms with Crippen molar-refractivity contribution < 1.29 is 4.79 Å². The van der Waals surface area contributed by atoms with Crippen molar-refractivity contribution >= 4 is 17.4 Å². The van der Waals surface area contributed by atoms with E-state index < -0.39 is 0 Å². The number of aryl methyl sites for hydroxylation is 1. The van der Waals surface area contributed by atoms with E-state index in [1.807, 2.05) is 25.1 Å². The summed E-state index contributed by atoms with van der Waals surface area (Å²) in [5.74, 6) is 0. The minimum absolute atomic E-state index is 0.0400. The van der Waals surface area contributed by atoms with Crippen molar-refractivity contribution in [2.75, 3.05) is 30.8 Å². The maximum Gasteiger partial charge on any atom is 0.324 e. The number of likely N-dealkylation sites (N-methyl/N-ethyl adjacent to an activating group) is 1. The summed E-state index contributed by atoms with van der Waals surface area (Å²) in [6, 6.07) is 5.77. The molecule has 80 valence electrons. The first kappa shape index (κ1) is 9.83. The van der Waals surface area contributed by atoms with Crippen LogP contribution in [0.25, 0.3) is 0 Å². The maximum atomic E-state index is 11.7. The van der Waals surface area contributed by atoms with Crippen molar-refractivity contribution in [3.8, 4) is 0 Å². The number of hydrogen-bond donors (Lipinski definition) is 1.